The molecule has 3 aliphatic rings. The van der Waals surface area contributed by atoms with E-state index >= 15 is 0 Å². The second-order valence-electron chi connectivity index (χ2n) is 9.25. The van der Waals surface area contributed by atoms with Gasteiger partial charge in [-0.05, 0) is 66.6 Å². The Morgan fingerprint density at radius 1 is 1.24 bits per heavy atom. The molecule has 0 heterocycles. The van der Waals surface area contributed by atoms with E-state index < -0.39 is 0 Å². The zero-order valence-electron chi connectivity index (χ0n) is 14.3. The van der Waals surface area contributed by atoms with Crippen molar-refractivity contribution in [3.63, 3.8) is 0 Å². The second-order valence-corrected chi connectivity index (χ2v) is 9.25. The molecule has 0 aromatic heterocycles. The molecule has 2 saturated carbocycles. The summed E-state index contributed by atoms with van der Waals surface area (Å²) in [6, 6.07) is 0. The molecule has 0 amide bonds. The van der Waals surface area contributed by atoms with Crippen molar-refractivity contribution in [3.05, 3.63) is 24.3 Å². The SMILES string of the molecule is C=C[C@@]1(C)CC[C@H]2C(=CC[C@H]3C(C)(C)C[C@@H](O)C[C@]23C)C1. The number of aliphatic hydroxyl groups excluding tert-OH is 1. The molecule has 1 N–H and O–H groups in total. The van der Waals surface area contributed by atoms with E-state index in [0.29, 0.717) is 5.92 Å². The van der Waals surface area contributed by atoms with E-state index in [1.807, 2.05) is 0 Å². The van der Waals surface area contributed by atoms with Gasteiger partial charge in [-0.25, -0.2) is 0 Å². The van der Waals surface area contributed by atoms with Crippen LogP contribution in [0.1, 0.15) is 66.2 Å². The van der Waals surface area contributed by atoms with Gasteiger partial charge in [0, 0.05) is 0 Å². The van der Waals surface area contributed by atoms with Gasteiger partial charge in [-0.15, -0.1) is 6.58 Å². The minimum absolute atomic E-state index is 0.117. The van der Waals surface area contributed by atoms with Crippen molar-refractivity contribution in [2.45, 2.75) is 72.3 Å². The standard InChI is InChI=1S/C20H32O/c1-6-19(4)10-9-16-14(11-19)7-8-17-18(2,3)12-15(21)13-20(16,17)5/h6-7,15-17,21H,1,8-13H2,2-5H3/t15-,16+,17+,19+,20-/m1/s1. The maximum atomic E-state index is 10.5. The lowest BCUT2D eigenvalue weighted by atomic mass is 9.45. The molecule has 5 atom stereocenters. The Hall–Kier alpha value is -0.560. The molecule has 0 spiro atoms. The van der Waals surface area contributed by atoms with Gasteiger partial charge in [0.15, 0.2) is 0 Å². The number of allylic oxidation sites excluding steroid dienone is 3. The Kier molecular flexibility index (Phi) is 3.44. The quantitative estimate of drug-likeness (QED) is 0.665. The molecule has 0 radical (unpaired) electrons. The Morgan fingerprint density at radius 3 is 2.62 bits per heavy atom. The van der Waals surface area contributed by atoms with Gasteiger partial charge in [0.05, 0.1) is 6.10 Å². The molecule has 0 aromatic rings. The fourth-order valence-electron chi connectivity index (χ4n) is 6.09. The first kappa shape index (κ1) is 15.3. The largest absolute Gasteiger partial charge is 0.393 e. The van der Waals surface area contributed by atoms with Crippen LogP contribution in [-0.2, 0) is 0 Å². The third-order valence-electron chi connectivity index (χ3n) is 7.14. The van der Waals surface area contributed by atoms with Crippen LogP contribution in [0.15, 0.2) is 24.3 Å². The van der Waals surface area contributed by atoms with Gasteiger partial charge in [0.2, 0.25) is 0 Å². The molecule has 3 aliphatic carbocycles. The fourth-order valence-corrected chi connectivity index (χ4v) is 6.09. The number of hydrogen-bond donors (Lipinski definition) is 1. The van der Waals surface area contributed by atoms with Gasteiger partial charge < -0.3 is 5.11 Å². The molecular formula is C20H32O. The van der Waals surface area contributed by atoms with Crippen molar-refractivity contribution in [1.82, 2.24) is 0 Å². The molecule has 2 fully saturated rings. The maximum absolute atomic E-state index is 10.5. The van der Waals surface area contributed by atoms with E-state index in [0.717, 1.165) is 18.8 Å². The van der Waals surface area contributed by atoms with E-state index in [4.69, 9.17) is 0 Å². The zero-order valence-corrected chi connectivity index (χ0v) is 14.3. The molecule has 0 aliphatic heterocycles. The molecule has 3 rings (SSSR count). The summed E-state index contributed by atoms with van der Waals surface area (Å²) in [5.41, 5.74) is 2.49. The van der Waals surface area contributed by atoms with Crippen LogP contribution >= 0.6 is 0 Å². The van der Waals surface area contributed by atoms with E-state index in [9.17, 15) is 5.11 Å². The van der Waals surface area contributed by atoms with E-state index in [-0.39, 0.29) is 22.3 Å². The maximum Gasteiger partial charge on any atom is 0.0551 e. The van der Waals surface area contributed by atoms with Crippen molar-refractivity contribution < 1.29 is 5.11 Å². The Morgan fingerprint density at radius 2 is 1.95 bits per heavy atom. The van der Waals surface area contributed by atoms with Crippen molar-refractivity contribution in [2.75, 3.05) is 0 Å². The summed E-state index contributed by atoms with van der Waals surface area (Å²) in [7, 11) is 0. The van der Waals surface area contributed by atoms with Crippen molar-refractivity contribution in [2.24, 2.45) is 28.1 Å². The topological polar surface area (TPSA) is 20.2 Å². The van der Waals surface area contributed by atoms with Crippen molar-refractivity contribution in [1.29, 1.82) is 0 Å². The van der Waals surface area contributed by atoms with Crippen LogP contribution in [-0.4, -0.2) is 11.2 Å². The van der Waals surface area contributed by atoms with Crippen LogP contribution in [0.25, 0.3) is 0 Å². The normalized spacial score (nSPS) is 48.8. The Bertz CT molecular complexity index is 474. The number of hydrogen-bond acceptors (Lipinski definition) is 1. The lowest BCUT2D eigenvalue weighted by Crippen LogP contribution is -2.53. The smallest absolute Gasteiger partial charge is 0.0551 e. The number of aliphatic hydroxyl groups is 1. The molecular weight excluding hydrogens is 256 g/mol. The van der Waals surface area contributed by atoms with E-state index in [2.05, 4.69) is 46.4 Å². The minimum atomic E-state index is -0.117. The fraction of sp³-hybridized carbons (Fsp3) is 0.800. The van der Waals surface area contributed by atoms with Crippen molar-refractivity contribution in [3.8, 4) is 0 Å². The summed E-state index contributed by atoms with van der Waals surface area (Å²) in [6.45, 7) is 13.6. The highest BCUT2D eigenvalue weighted by Gasteiger charge is 2.55. The zero-order chi connectivity index (χ0) is 15.5. The molecule has 21 heavy (non-hydrogen) atoms. The number of fused-ring (bicyclic) bond motifs is 3. The van der Waals surface area contributed by atoms with Crippen molar-refractivity contribution >= 4 is 0 Å². The molecule has 0 bridgehead atoms. The third kappa shape index (κ3) is 2.32. The predicted octanol–water partition coefficient (Wildman–Crippen LogP) is 5.11. The summed E-state index contributed by atoms with van der Waals surface area (Å²) in [6.07, 6.45) is 11.5. The number of rotatable bonds is 1. The highest BCUT2D eigenvalue weighted by Crippen LogP contribution is 2.63. The van der Waals surface area contributed by atoms with Crippen LogP contribution < -0.4 is 0 Å². The van der Waals surface area contributed by atoms with E-state index in [1.165, 1.54) is 25.7 Å². The molecule has 1 nitrogen and oxygen atoms in total. The summed E-state index contributed by atoms with van der Waals surface area (Å²) < 4.78 is 0. The second kappa shape index (κ2) is 4.72. The minimum Gasteiger partial charge on any atom is -0.393 e. The van der Waals surface area contributed by atoms with Crippen LogP contribution in [0.3, 0.4) is 0 Å². The lowest BCUT2D eigenvalue weighted by Gasteiger charge is -2.60. The van der Waals surface area contributed by atoms with Crippen LogP contribution in [0, 0.1) is 28.1 Å². The lowest BCUT2D eigenvalue weighted by molar-refractivity contribution is -0.101. The Labute approximate surface area is 130 Å². The predicted molar refractivity (Wildman–Crippen MR) is 89.0 cm³/mol. The first-order valence-corrected chi connectivity index (χ1v) is 8.71. The summed E-state index contributed by atoms with van der Waals surface area (Å²) >= 11 is 0. The molecule has 1 heteroatoms. The monoisotopic (exact) mass is 288 g/mol. The average Bonchev–Trinajstić information content (AvgIpc) is 2.36. The highest BCUT2D eigenvalue weighted by atomic mass is 16.3. The summed E-state index contributed by atoms with van der Waals surface area (Å²) in [5.74, 6) is 1.40. The highest BCUT2D eigenvalue weighted by molar-refractivity contribution is 5.25. The van der Waals surface area contributed by atoms with Crippen LogP contribution in [0.5, 0.6) is 0 Å². The average molecular weight is 288 g/mol. The molecule has 0 aromatic carbocycles. The molecule has 0 unspecified atom stereocenters. The first-order chi connectivity index (χ1) is 9.70. The third-order valence-corrected chi connectivity index (χ3v) is 7.14. The van der Waals surface area contributed by atoms with Crippen LogP contribution in [0.2, 0.25) is 0 Å². The summed E-state index contributed by atoms with van der Waals surface area (Å²) in [5, 5.41) is 10.5. The molecule has 0 saturated heterocycles. The van der Waals surface area contributed by atoms with E-state index in [1.54, 1.807) is 5.57 Å². The molecule has 118 valence electrons. The van der Waals surface area contributed by atoms with Gasteiger partial charge in [-0.1, -0.05) is 45.4 Å². The van der Waals surface area contributed by atoms with Gasteiger partial charge in [-0.2, -0.15) is 0 Å². The first-order valence-electron chi connectivity index (χ1n) is 8.71. The van der Waals surface area contributed by atoms with Crippen LogP contribution in [0.4, 0.5) is 0 Å². The summed E-state index contributed by atoms with van der Waals surface area (Å²) in [4.78, 5) is 0. The van der Waals surface area contributed by atoms with Gasteiger partial charge >= 0.3 is 0 Å². The van der Waals surface area contributed by atoms with Gasteiger partial charge in [0.1, 0.15) is 0 Å². The van der Waals surface area contributed by atoms with Gasteiger partial charge in [0.25, 0.3) is 0 Å². The Balaban J connectivity index is 1.96. The van der Waals surface area contributed by atoms with Gasteiger partial charge in [-0.3, -0.25) is 0 Å².